The summed E-state index contributed by atoms with van der Waals surface area (Å²) in [6, 6.07) is 7.66. The number of methoxy groups -OCH3 is 1. The summed E-state index contributed by atoms with van der Waals surface area (Å²) in [6.45, 7) is 5.97. The van der Waals surface area contributed by atoms with Crippen molar-refractivity contribution in [1.82, 2.24) is 0 Å². The summed E-state index contributed by atoms with van der Waals surface area (Å²) >= 11 is 0. The molecule has 0 saturated heterocycles. The molecule has 0 radical (unpaired) electrons. The Bertz CT molecular complexity index is 349. The Hall–Kier alpha value is -1.06. The van der Waals surface area contributed by atoms with Gasteiger partial charge in [-0.2, -0.15) is 0 Å². The molecule has 0 aliphatic carbocycles. The van der Waals surface area contributed by atoms with Crippen molar-refractivity contribution in [3.8, 4) is 5.75 Å². The molecule has 0 aliphatic rings. The Morgan fingerprint density at radius 3 is 2.39 bits per heavy atom. The maximum atomic E-state index is 10.2. The molecule has 0 amide bonds. The summed E-state index contributed by atoms with van der Waals surface area (Å²) in [6.07, 6.45) is 1.27. The van der Waals surface area contributed by atoms with Gasteiger partial charge in [0.1, 0.15) is 5.75 Å². The summed E-state index contributed by atoms with van der Waals surface area (Å²) in [5, 5.41) is 10.2. The molecule has 2 atom stereocenters. The summed E-state index contributed by atoms with van der Waals surface area (Å²) < 4.78 is 10.9. The molecule has 102 valence electrons. The fourth-order valence-electron chi connectivity index (χ4n) is 1.78. The minimum atomic E-state index is -0.502. The topological polar surface area (TPSA) is 38.7 Å². The average Bonchev–Trinajstić information content (AvgIpc) is 2.35. The molecule has 1 aromatic rings. The van der Waals surface area contributed by atoms with Crippen LogP contribution in [0.15, 0.2) is 24.3 Å². The highest BCUT2D eigenvalue weighted by atomic mass is 16.5. The summed E-state index contributed by atoms with van der Waals surface area (Å²) in [7, 11) is 1.69. The monoisotopic (exact) mass is 252 g/mol. The molecule has 0 spiro atoms. The van der Waals surface area contributed by atoms with Gasteiger partial charge in [-0.15, -0.1) is 0 Å². The molecule has 0 aromatic heterocycles. The highest BCUT2D eigenvalue weighted by Crippen LogP contribution is 2.29. The Morgan fingerprint density at radius 1 is 1.11 bits per heavy atom. The van der Waals surface area contributed by atoms with E-state index in [1.165, 1.54) is 0 Å². The van der Waals surface area contributed by atoms with Gasteiger partial charge in [0, 0.05) is 12.7 Å². The fourth-order valence-corrected chi connectivity index (χ4v) is 1.78. The van der Waals surface area contributed by atoms with Crippen molar-refractivity contribution in [3.05, 3.63) is 29.8 Å². The molecule has 18 heavy (non-hydrogen) atoms. The van der Waals surface area contributed by atoms with Crippen molar-refractivity contribution in [2.24, 2.45) is 0 Å². The van der Waals surface area contributed by atoms with E-state index in [1.54, 1.807) is 7.11 Å². The molecule has 1 N–H and O–H groups in total. The van der Waals surface area contributed by atoms with Crippen molar-refractivity contribution in [3.63, 3.8) is 0 Å². The molecular formula is C15H24O3. The van der Waals surface area contributed by atoms with Crippen LogP contribution in [-0.4, -0.2) is 24.4 Å². The zero-order valence-corrected chi connectivity index (χ0v) is 11.7. The summed E-state index contributed by atoms with van der Waals surface area (Å²) in [5.41, 5.74) is 0.856. The van der Waals surface area contributed by atoms with E-state index >= 15 is 0 Å². The molecular weight excluding hydrogens is 228 g/mol. The third-order valence-corrected chi connectivity index (χ3v) is 2.89. The van der Waals surface area contributed by atoms with Gasteiger partial charge < -0.3 is 14.6 Å². The van der Waals surface area contributed by atoms with E-state index in [0.29, 0.717) is 6.42 Å². The highest BCUT2D eigenvalue weighted by Gasteiger charge is 2.15. The Kier molecular flexibility index (Phi) is 6.16. The quantitative estimate of drug-likeness (QED) is 0.809. The second kappa shape index (κ2) is 7.39. The lowest BCUT2D eigenvalue weighted by atomic mass is 10.0. The number of aliphatic hydroxyl groups excluding tert-OH is 1. The van der Waals surface area contributed by atoms with Crippen LogP contribution in [0.2, 0.25) is 0 Å². The summed E-state index contributed by atoms with van der Waals surface area (Å²) in [4.78, 5) is 0. The van der Waals surface area contributed by atoms with Gasteiger partial charge in [-0.3, -0.25) is 0 Å². The first kappa shape index (κ1) is 15.0. The van der Waals surface area contributed by atoms with Gasteiger partial charge in [-0.25, -0.2) is 0 Å². The van der Waals surface area contributed by atoms with Crippen molar-refractivity contribution in [2.45, 2.75) is 51.9 Å². The van der Waals surface area contributed by atoms with E-state index in [4.69, 9.17) is 9.47 Å². The first-order chi connectivity index (χ1) is 8.54. The van der Waals surface area contributed by atoms with Crippen LogP contribution in [0.25, 0.3) is 0 Å². The molecule has 0 bridgehead atoms. The number of rotatable bonds is 7. The zero-order valence-electron chi connectivity index (χ0n) is 11.7. The van der Waals surface area contributed by atoms with E-state index in [1.807, 2.05) is 45.0 Å². The largest absolute Gasteiger partial charge is 0.491 e. The molecule has 1 aromatic carbocycles. The molecule has 3 heteroatoms. The summed E-state index contributed by atoms with van der Waals surface area (Å²) in [5.74, 6) is 0.769. The molecule has 0 fully saturated rings. The van der Waals surface area contributed by atoms with Crippen LogP contribution < -0.4 is 4.74 Å². The zero-order chi connectivity index (χ0) is 13.5. The number of para-hydroxylation sites is 1. The van der Waals surface area contributed by atoms with Crippen LogP contribution in [0.1, 0.15) is 45.3 Å². The van der Waals surface area contributed by atoms with Gasteiger partial charge in [-0.05, 0) is 39.7 Å². The number of hydrogen-bond acceptors (Lipinski definition) is 3. The van der Waals surface area contributed by atoms with E-state index in [-0.39, 0.29) is 12.2 Å². The van der Waals surface area contributed by atoms with Crippen molar-refractivity contribution < 1.29 is 14.6 Å². The smallest absolute Gasteiger partial charge is 0.125 e. The average molecular weight is 252 g/mol. The lowest BCUT2D eigenvalue weighted by molar-refractivity contribution is 0.0836. The Labute approximate surface area is 110 Å². The predicted molar refractivity (Wildman–Crippen MR) is 72.9 cm³/mol. The lowest BCUT2D eigenvalue weighted by Gasteiger charge is -2.19. The Balaban J connectivity index is 2.69. The molecule has 0 aliphatic heterocycles. The number of ether oxygens (including phenoxy) is 2. The number of benzene rings is 1. The van der Waals surface area contributed by atoms with E-state index in [2.05, 4.69) is 0 Å². The van der Waals surface area contributed by atoms with Crippen molar-refractivity contribution >= 4 is 0 Å². The lowest BCUT2D eigenvalue weighted by Crippen LogP contribution is -2.11. The van der Waals surface area contributed by atoms with Gasteiger partial charge in [-0.1, -0.05) is 18.2 Å². The van der Waals surface area contributed by atoms with Gasteiger partial charge in [0.15, 0.2) is 0 Å². The predicted octanol–water partition coefficient (Wildman–Crippen LogP) is 3.32. The van der Waals surface area contributed by atoms with Crippen LogP contribution in [0.3, 0.4) is 0 Å². The maximum Gasteiger partial charge on any atom is 0.125 e. The number of aliphatic hydroxyl groups is 1. The first-order valence-electron chi connectivity index (χ1n) is 6.51. The maximum absolute atomic E-state index is 10.2. The van der Waals surface area contributed by atoms with Crippen LogP contribution in [0, 0.1) is 0 Å². The standard InChI is InChI=1S/C15H24O3/c1-11(2)18-15-8-6-5-7-13(15)14(16)10-9-12(3)17-4/h5-8,11-12,14,16H,9-10H2,1-4H3. The van der Waals surface area contributed by atoms with Gasteiger partial charge in [0.05, 0.1) is 18.3 Å². The van der Waals surface area contributed by atoms with Gasteiger partial charge in [0.2, 0.25) is 0 Å². The molecule has 0 heterocycles. The van der Waals surface area contributed by atoms with Crippen LogP contribution >= 0.6 is 0 Å². The molecule has 2 unspecified atom stereocenters. The van der Waals surface area contributed by atoms with Crippen LogP contribution in [0.4, 0.5) is 0 Å². The van der Waals surface area contributed by atoms with Crippen LogP contribution in [-0.2, 0) is 4.74 Å². The SMILES string of the molecule is COC(C)CCC(O)c1ccccc1OC(C)C. The minimum absolute atomic E-state index is 0.108. The third kappa shape index (κ3) is 4.67. The van der Waals surface area contributed by atoms with Crippen molar-refractivity contribution in [2.75, 3.05) is 7.11 Å². The molecule has 0 saturated carbocycles. The van der Waals surface area contributed by atoms with E-state index < -0.39 is 6.10 Å². The Morgan fingerprint density at radius 2 is 1.78 bits per heavy atom. The second-order valence-corrected chi connectivity index (χ2v) is 4.84. The van der Waals surface area contributed by atoms with Crippen molar-refractivity contribution in [1.29, 1.82) is 0 Å². The minimum Gasteiger partial charge on any atom is -0.491 e. The third-order valence-electron chi connectivity index (χ3n) is 2.89. The second-order valence-electron chi connectivity index (χ2n) is 4.84. The molecule has 1 rings (SSSR count). The van der Waals surface area contributed by atoms with Gasteiger partial charge in [0.25, 0.3) is 0 Å². The van der Waals surface area contributed by atoms with E-state index in [9.17, 15) is 5.11 Å². The van der Waals surface area contributed by atoms with Gasteiger partial charge >= 0.3 is 0 Å². The van der Waals surface area contributed by atoms with Crippen LogP contribution in [0.5, 0.6) is 5.75 Å². The highest BCUT2D eigenvalue weighted by molar-refractivity contribution is 5.35. The normalized spacial score (nSPS) is 14.6. The van der Waals surface area contributed by atoms with E-state index in [0.717, 1.165) is 17.7 Å². The number of hydrogen-bond donors (Lipinski definition) is 1. The fraction of sp³-hybridized carbons (Fsp3) is 0.600. The molecule has 3 nitrogen and oxygen atoms in total. The first-order valence-corrected chi connectivity index (χ1v) is 6.51.